The summed E-state index contributed by atoms with van der Waals surface area (Å²) in [5, 5.41) is 0. The fourth-order valence-corrected chi connectivity index (χ4v) is 2.65. The van der Waals surface area contributed by atoms with Gasteiger partial charge in [0.1, 0.15) is 5.69 Å². The van der Waals surface area contributed by atoms with Gasteiger partial charge in [0, 0.05) is 11.1 Å². The molecule has 0 fully saturated rings. The van der Waals surface area contributed by atoms with Crippen LogP contribution in [-0.4, -0.2) is 23.0 Å². The quantitative estimate of drug-likeness (QED) is 0.611. The van der Waals surface area contributed by atoms with Crippen LogP contribution >= 0.6 is 12.4 Å². The van der Waals surface area contributed by atoms with E-state index < -0.39 is 0 Å². The first kappa shape index (κ1) is 18.2. The standard InChI is InChI=1S/C20H22N2O.ClH/c1-3-22(4-2)15-18-21-19(16-11-7-5-8-12-16)20(23-18)17-13-9-6-10-14-17;/h5-14H,3-4,15H2,1-2H3;1H. The maximum absolute atomic E-state index is 6.14. The molecule has 3 rings (SSSR count). The van der Waals surface area contributed by atoms with Crippen molar-refractivity contribution in [2.24, 2.45) is 0 Å². The van der Waals surface area contributed by atoms with Crippen molar-refractivity contribution in [2.45, 2.75) is 20.4 Å². The van der Waals surface area contributed by atoms with Crippen molar-refractivity contribution in [1.82, 2.24) is 9.88 Å². The molecule has 24 heavy (non-hydrogen) atoms. The number of benzene rings is 2. The summed E-state index contributed by atoms with van der Waals surface area (Å²) < 4.78 is 6.14. The van der Waals surface area contributed by atoms with E-state index in [9.17, 15) is 0 Å². The number of oxazole rings is 1. The van der Waals surface area contributed by atoms with Crippen LogP contribution in [0.15, 0.2) is 65.1 Å². The molecule has 0 aliphatic carbocycles. The van der Waals surface area contributed by atoms with Crippen LogP contribution in [0.25, 0.3) is 22.6 Å². The zero-order valence-corrected chi connectivity index (χ0v) is 14.9. The maximum Gasteiger partial charge on any atom is 0.209 e. The third-order valence-electron chi connectivity index (χ3n) is 4.01. The Hall–Kier alpha value is -2.10. The predicted molar refractivity (Wildman–Crippen MR) is 101 cm³/mol. The van der Waals surface area contributed by atoms with Crippen molar-refractivity contribution < 1.29 is 4.42 Å². The molecule has 126 valence electrons. The van der Waals surface area contributed by atoms with Gasteiger partial charge in [0.05, 0.1) is 6.54 Å². The van der Waals surface area contributed by atoms with Crippen LogP contribution in [0, 0.1) is 0 Å². The molecular weight excluding hydrogens is 320 g/mol. The molecule has 0 unspecified atom stereocenters. The first-order valence-electron chi connectivity index (χ1n) is 8.14. The molecule has 4 heteroatoms. The summed E-state index contributed by atoms with van der Waals surface area (Å²) in [5.41, 5.74) is 3.06. The van der Waals surface area contributed by atoms with E-state index in [1.54, 1.807) is 0 Å². The number of nitrogens with zero attached hydrogens (tertiary/aromatic N) is 2. The first-order chi connectivity index (χ1) is 11.3. The first-order valence-corrected chi connectivity index (χ1v) is 8.14. The molecule has 0 saturated heterocycles. The molecule has 0 atom stereocenters. The highest BCUT2D eigenvalue weighted by molar-refractivity contribution is 5.85. The fraction of sp³-hybridized carbons (Fsp3) is 0.250. The van der Waals surface area contributed by atoms with Gasteiger partial charge in [-0.25, -0.2) is 4.98 Å². The SMILES string of the molecule is CCN(CC)Cc1nc(-c2ccccc2)c(-c2ccccc2)o1.Cl. The molecule has 0 saturated carbocycles. The Balaban J connectivity index is 0.00000208. The fourth-order valence-electron chi connectivity index (χ4n) is 2.65. The topological polar surface area (TPSA) is 29.3 Å². The monoisotopic (exact) mass is 342 g/mol. The van der Waals surface area contributed by atoms with Gasteiger partial charge in [-0.2, -0.15) is 0 Å². The lowest BCUT2D eigenvalue weighted by atomic mass is 10.1. The van der Waals surface area contributed by atoms with Gasteiger partial charge in [0.2, 0.25) is 5.89 Å². The minimum Gasteiger partial charge on any atom is -0.439 e. The van der Waals surface area contributed by atoms with Crippen molar-refractivity contribution in [3.05, 3.63) is 66.6 Å². The Kier molecular flexibility index (Phi) is 6.59. The third-order valence-corrected chi connectivity index (χ3v) is 4.01. The zero-order chi connectivity index (χ0) is 16.1. The van der Waals surface area contributed by atoms with Crippen molar-refractivity contribution in [3.63, 3.8) is 0 Å². The molecule has 3 nitrogen and oxygen atoms in total. The molecule has 0 aliphatic heterocycles. The van der Waals surface area contributed by atoms with Gasteiger partial charge in [-0.15, -0.1) is 12.4 Å². The highest BCUT2D eigenvalue weighted by Gasteiger charge is 2.17. The lowest BCUT2D eigenvalue weighted by Crippen LogP contribution is -2.22. The smallest absolute Gasteiger partial charge is 0.209 e. The van der Waals surface area contributed by atoms with Gasteiger partial charge >= 0.3 is 0 Å². The lowest BCUT2D eigenvalue weighted by Gasteiger charge is -2.14. The van der Waals surface area contributed by atoms with E-state index in [2.05, 4.69) is 43.0 Å². The summed E-state index contributed by atoms with van der Waals surface area (Å²) in [5.74, 6) is 1.62. The Bertz CT molecular complexity index is 680. The van der Waals surface area contributed by atoms with E-state index in [-0.39, 0.29) is 12.4 Å². The number of aromatic nitrogens is 1. The van der Waals surface area contributed by atoms with Crippen molar-refractivity contribution in [1.29, 1.82) is 0 Å². The number of rotatable bonds is 6. The van der Waals surface area contributed by atoms with E-state index in [0.29, 0.717) is 0 Å². The minimum atomic E-state index is 0. The van der Waals surface area contributed by atoms with Crippen LogP contribution in [0.1, 0.15) is 19.7 Å². The van der Waals surface area contributed by atoms with Gasteiger partial charge < -0.3 is 4.42 Å². The normalized spacial score (nSPS) is 10.6. The van der Waals surface area contributed by atoms with E-state index in [0.717, 1.165) is 48.1 Å². The van der Waals surface area contributed by atoms with E-state index in [1.165, 1.54) is 0 Å². The van der Waals surface area contributed by atoms with Crippen LogP contribution in [0.2, 0.25) is 0 Å². The summed E-state index contributed by atoms with van der Waals surface area (Å²) in [4.78, 5) is 7.09. The molecule has 0 amide bonds. The zero-order valence-electron chi connectivity index (χ0n) is 14.1. The number of hydrogen-bond acceptors (Lipinski definition) is 3. The van der Waals surface area contributed by atoms with E-state index >= 15 is 0 Å². The van der Waals surface area contributed by atoms with Crippen molar-refractivity contribution >= 4 is 12.4 Å². The maximum atomic E-state index is 6.14. The summed E-state index contributed by atoms with van der Waals surface area (Å²) in [6.45, 7) is 7.02. The summed E-state index contributed by atoms with van der Waals surface area (Å²) in [7, 11) is 0. The van der Waals surface area contributed by atoms with Gasteiger partial charge in [0.25, 0.3) is 0 Å². The third kappa shape index (κ3) is 4.05. The second kappa shape index (κ2) is 8.67. The summed E-state index contributed by atoms with van der Waals surface area (Å²) >= 11 is 0. The highest BCUT2D eigenvalue weighted by Crippen LogP contribution is 2.32. The molecule has 0 radical (unpaired) electrons. The van der Waals surface area contributed by atoms with Crippen LogP contribution < -0.4 is 0 Å². The summed E-state index contributed by atoms with van der Waals surface area (Å²) in [6.07, 6.45) is 0. The molecule has 0 aliphatic rings. The minimum absolute atomic E-state index is 0. The second-order valence-corrected chi connectivity index (χ2v) is 5.48. The average molecular weight is 343 g/mol. The van der Waals surface area contributed by atoms with Gasteiger partial charge in [-0.05, 0) is 13.1 Å². The average Bonchev–Trinajstić information content (AvgIpc) is 3.05. The van der Waals surface area contributed by atoms with Crippen molar-refractivity contribution in [2.75, 3.05) is 13.1 Å². The predicted octanol–water partition coefficient (Wildman–Crippen LogP) is 5.27. The Morgan fingerprint density at radius 1 is 0.833 bits per heavy atom. The van der Waals surface area contributed by atoms with Gasteiger partial charge in [0.15, 0.2) is 5.76 Å². The highest BCUT2D eigenvalue weighted by atomic mass is 35.5. The van der Waals surface area contributed by atoms with Crippen LogP contribution in [0.4, 0.5) is 0 Å². The van der Waals surface area contributed by atoms with E-state index in [1.807, 2.05) is 36.4 Å². The van der Waals surface area contributed by atoms with Gasteiger partial charge in [-0.1, -0.05) is 74.5 Å². The molecule has 1 heterocycles. The number of halogens is 1. The van der Waals surface area contributed by atoms with Gasteiger partial charge in [-0.3, -0.25) is 4.90 Å². The molecule has 0 N–H and O–H groups in total. The van der Waals surface area contributed by atoms with Crippen LogP contribution in [0.3, 0.4) is 0 Å². The Morgan fingerprint density at radius 3 is 1.92 bits per heavy atom. The largest absolute Gasteiger partial charge is 0.439 e. The van der Waals surface area contributed by atoms with Crippen LogP contribution in [0.5, 0.6) is 0 Å². The molecule has 0 bridgehead atoms. The van der Waals surface area contributed by atoms with Crippen LogP contribution in [-0.2, 0) is 6.54 Å². The molecule has 3 aromatic rings. The Labute approximate surface area is 149 Å². The van der Waals surface area contributed by atoms with E-state index in [4.69, 9.17) is 9.40 Å². The second-order valence-electron chi connectivity index (χ2n) is 5.48. The Morgan fingerprint density at radius 2 is 1.38 bits per heavy atom. The molecule has 2 aromatic carbocycles. The van der Waals surface area contributed by atoms with Crippen molar-refractivity contribution in [3.8, 4) is 22.6 Å². The molecule has 0 spiro atoms. The lowest BCUT2D eigenvalue weighted by molar-refractivity contribution is 0.264. The molecule has 1 aromatic heterocycles. The number of hydrogen-bond donors (Lipinski definition) is 0. The summed E-state index contributed by atoms with van der Waals surface area (Å²) in [6, 6.07) is 20.4. The molecular formula is C20H23ClN2O.